The van der Waals surface area contributed by atoms with Crippen LogP contribution in [0.3, 0.4) is 0 Å². The maximum atomic E-state index is 11.3. The van der Waals surface area contributed by atoms with Crippen LogP contribution in [-0.2, 0) is 11.2 Å². The number of hydrogen-bond acceptors (Lipinski definition) is 3. The van der Waals surface area contributed by atoms with Gasteiger partial charge in [-0.25, -0.2) is 0 Å². The van der Waals surface area contributed by atoms with E-state index in [1.165, 1.54) is 12.1 Å². The molecule has 72 valence electrons. The molecule has 0 unspecified atom stereocenters. The molecule has 1 aromatic carbocycles. The quantitative estimate of drug-likeness (QED) is 0.653. The fourth-order valence-corrected chi connectivity index (χ4v) is 1.62. The van der Waals surface area contributed by atoms with Gasteiger partial charge in [0.15, 0.2) is 0 Å². The Bertz CT molecular complexity index is 437. The summed E-state index contributed by atoms with van der Waals surface area (Å²) in [4.78, 5) is 22.4. The summed E-state index contributed by atoms with van der Waals surface area (Å²) in [6, 6.07) is 2.90. The predicted octanol–water partition coefficient (Wildman–Crippen LogP) is 1.09. The molecule has 4 nitrogen and oxygen atoms in total. The van der Waals surface area contributed by atoms with E-state index in [0.717, 1.165) is 0 Å². The smallest absolute Gasteiger partial charge is 0.296 e. The van der Waals surface area contributed by atoms with Gasteiger partial charge < -0.3 is 10.4 Å². The molecule has 0 aliphatic carbocycles. The van der Waals surface area contributed by atoms with Crippen molar-refractivity contribution in [2.75, 3.05) is 5.32 Å². The number of rotatable bonds is 1. The first kappa shape index (κ1) is 8.74. The van der Waals surface area contributed by atoms with Gasteiger partial charge in [0.05, 0.1) is 11.3 Å². The second kappa shape index (κ2) is 2.83. The number of amides is 1. The van der Waals surface area contributed by atoms with Crippen molar-refractivity contribution in [2.45, 2.75) is 13.3 Å². The van der Waals surface area contributed by atoms with E-state index >= 15 is 0 Å². The Hall–Kier alpha value is -1.84. The summed E-state index contributed by atoms with van der Waals surface area (Å²) < 4.78 is 0. The number of ketones is 1. The standard InChI is InChI=1S/C10H9NO3/c1-2-5-7(12)4-3-6-8(5)11-10(14)9(6)13/h3-4,12H,2H2,1H3,(H,11,13,14). The van der Waals surface area contributed by atoms with Crippen LogP contribution in [0, 0.1) is 0 Å². The largest absolute Gasteiger partial charge is 0.508 e. The Morgan fingerprint density at radius 2 is 2.07 bits per heavy atom. The minimum atomic E-state index is -0.625. The first-order chi connectivity index (χ1) is 6.65. The molecular weight excluding hydrogens is 182 g/mol. The molecule has 14 heavy (non-hydrogen) atoms. The van der Waals surface area contributed by atoms with Gasteiger partial charge in [0.25, 0.3) is 11.7 Å². The first-order valence-corrected chi connectivity index (χ1v) is 4.35. The third-order valence-electron chi connectivity index (χ3n) is 2.33. The van der Waals surface area contributed by atoms with Gasteiger partial charge in [-0.15, -0.1) is 0 Å². The summed E-state index contributed by atoms with van der Waals surface area (Å²) >= 11 is 0. The predicted molar refractivity (Wildman–Crippen MR) is 50.4 cm³/mol. The summed E-state index contributed by atoms with van der Waals surface area (Å²) in [5, 5.41) is 11.9. The molecular formula is C10H9NO3. The molecule has 0 fully saturated rings. The van der Waals surface area contributed by atoms with Gasteiger partial charge in [-0.3, -0.25) is 9.59 Å². The number of benzene rings is 1. The molecule has 0 atom stereocenters. The molecule has 0 saturated heterocycles. The van der Waals surface area contributed by atoms with Crippen molar-refractivity contribution in [3.05, 3.63) is 23.3 Å². The van der Waals surface area contributed by atoms with Crippen LogP contribution in [0.25, 0.3) is 0 Å². The van der Waals surface area contributed by atoms with E-state index in [4.69, 9.17) is 0 Å². The number of phenolic OH excluding ortho intramolecular Hbond substituents is 1. The van der Waals surface area contributed by atoms with Crippen molar-refractivity contribution in [3.8, 4) is 5.75 Å². The Morgan fingerprint density at radius 1 is 1.36 bits per heavy atom. The highest BCUT2D eigenvalue weighted by atomic mass is 16.3. The lowest BCUT2D eigenvalue weighted by Crippen LogP contribution is -2.12. The highest BCUT2D eigenvalue weighted by Crippen LogP contribution is 2.33. The van der Waals surface area contributed by atoms with Gasteiger partial charge >= 0.3 is 0 Å². The highest BCUT2D eigenvalue weighted by molar-refractivity contribution is 6.51. The summed E-state index contributed by atoms with van der Waals surface area (Å²) in [7, 11) is 0. The van der Waals surface area contributed by atoms with Crippen LogP contribution in [0.2, 0.25) is 0 Å². The molecule has 1 aromatic rings. The number of carbonyl (C=O) groups is 2. The fraction of sp³-hybridized carbons (Fsp3) is 0.200. The van der Waals surface area contributed by atoms with Crippen molar-refractivity contribution in [1.82, 2.24) is 0 Å². The van der Waals surface area contributed by atoms with Gasteiger partial charge in [0, 0.05) is 5.56 Å². The average molecular weight is 191 g/mol. The topological polar surface area (TPSA) is 66.4 Å². The van der Waals surface area contributed by atoms with Crippen LogP contribution in [0.1, 0.15) is 22.8 Å². The lowest BCUT2D eigenvalue weighted by atomic mass is 10.0. The first-order valence-electron chi connectivity index (χ1n) is 4.35. The molecule has 1 aliphatic heterocycles. The zero-order valence-electron chi connectivity index (χ0n) is 7.63. The summed E-state index contributed by atoms with van der Waals surface area (Å²) in [6.07, 6.45) is 0.572. The van der Waals surface area contributed by atoms with E-state index < -0.39 is 11.7 Å². The zero-order chi connectivity index (χ0) is 10.3. The van der Waals surface area contributed by atoms with Crippen LogP contribution in [0.5, 0.6) is 5.75 Å². The number of carbonyl (C=O) groups excluding carboxylic acids is 2. The van der Waals surface area contributed by atoms with Crippen LogP contribution in [-0.4, -0.2) is 16.8 Å². The minimum absolute atomic E-state index is 0.112. The van der Waals surface area contributed by atoms with Gasteiger partial charge in [-0.1, -0.05) is 6.92 Å². The highest BCUT2D eigenvalue weighted by Gasteiger charge is 2.30. The Morgan fingerprint density at radius 3 is 2.71 bits per heavy atom. The van der Waals surface area contributed by atoms with Crippen LogP contribution < -0.4 is 5.32 Å². The average Bonchev–Trinajstić information content (AvgIpc) is 2.43. The molecule has 0 saturated carbocycles. The van der Waals surface area contributed by atoms with Crippen molar-refractivity contribution in [2.24, 2.45) is 0 Å². The fourth-order valence-electron chi connectivity index (χ4n) is 1.62. The molecule has 0 spiro atoms. The molecule has 1 amide bonds. The van der Waals surface area contributed by atoms with Crippen molar-refractivity contribution in [3.63, 3.8) is 0 Å². The minimum Gasteiger partial charge on any atom is -0.508 e. The number of Topliss-reactive ketones (excluding diaryl/α,β-unsaturated/α-hetero) is 1. The lowest BCUT2D eigenvalue weighted by molar-refractivity contribution is -0.112. The molecule has 2 rings (SSSR count). The second-order valence-corrected chi connectivity index (χ2v) is 3.12. The molecule has 0 aromatic heterocycles. The van der Waals surface area contributed by atoms with Gasteiger partial charge in [-0.2, -0.15) is 0 Å². The van der Waals surface area contributed by atoms with Gasteiger partial charge in [-0.05, 0) is 18.6 Å². The third-order valence-corrected chi connectivity index (χ3v) is 2.33. The second-order valence-electron chi connectivity index (χ2n) is 3.12. The van der Waals surface area contributed by atoms with E-state index in [2.05, 4.69) is 5.32 Å². The number of anilines is 1. The maximum Gasteiger partial charge on any atom is 0.296 e. The van der Waals surface area contributed by atoms with Crippen LogP contribution in [0.4, 0.5) is 5.69 Å². The normalized spacial score (nSPS) is 14.1. The van der Waals surface area contributed by atoms with E-state index in [1.54, 1.807) is 0 Å². The van der Waals surface area contributed by atoms with Crippen molar-refractivity contribution < 1.29 is 14.7 Å². The van der Waals surface area contributed by atoms with Crippen molar-refractivity contribution in [1.29, 1.82) is 0 Å². The Balaban J connectivity index is 2.67. The zero-order valence-corrected chi connectivity index (χ0v) is 7.63. The monoisotopic (exact) mass is 191 g/mol. The van der Waals surface area contributed by atoms with E-state index in [0.29, 0.717) is 23.2 Å². The number of fused-ring (bicyclic) bond motifs is 1. The van der Waals surface area contributed by atoms with E-state index in [9.17, 15) is 14.7 Å². The molecule has 0 bridgehead atoms. The van der Waals surface area contributed by atoms with Crippen molar-refractivity contribution >= 4 is 17.4 Å². The van der Waals surface area contributed by atoms with E-state index in [1.807, 2.05) is 6.92 Å². The number of aromatic hydroxyl groups is 1. The number of hydrogen-bond donors (Lipinski definition) is 2. The Kier molecular flexibility index (Phi) is 1.77. The maximum absolute atomic E-state index is 11.3. The van der Waals surface area contributed by atoms with Crippen LogP contribution >= 0.6 is 0 Å². The SMILES string of the molecule is CCc1c(O)ccc2c1NC(=O)C2=O. The molecule has 2 N–H and O–H groups in total. The summed E-state index contributed by atoms with van der Waals surface area (Å²) in [5.74, 6) is -1.05. The van der Waals surface area contributed by atoms with E-state index in [-0.39, 0.29) is 5.75 Å². The Labute approximate surface area is 80.6 Å². The molecule has 1 aliphatic rings. The van der Waals surface area contributed by atoms with Gasteiger partial charge in [0.1, 0.15) is 5.75 Å². The van der Waals surface area contributed by atoms with Crippen LogP contribution in [0.15, 0.2) is 12.1 Å². The summed E-state index contributed by atoms with van der Waals surface area (Å²) in [5.41, 5.74) is 1.42. The lowest BCUT2D eigenvalue weighted by Gasteiger charge is -2.06. The van der Waals surface area contributed by atoms with Gasteiger partial charge in [0.2, 0.25) is 0 Å². The molecule has 0 radical (unpaired) electrons. The number of nitrogens with one attached hydrogen (secondary N) is 1. The number of phenols is 1. The molecule has 4 heteroatoms. The molecule has 1 heterocycles. The summed E-state index contributed by atoms with van der Waals surface area (Å²) in [6.45, 7) is 1.85. The third kappa shape index (κ3) is 1.00.